The molecule has 0 saturated heterocycles. The zero-order valence-corrected chi connectivity index (χ0v) is 20.8. The second-order valence-electron chi connectivity index (χ2n) is 7.51. The molecule has 1 heterocycles. The van der Waals surface area contributed by atoms with E-state index in [2.05, 4.69) is 27.5 Å². The molecule has 0 radical (unpaired) electrons. The molecule has 156 valence electrons. The highest BCUT2D eigenvalue weighted by Crippen LogP contribution is 2.16. The maximum absolute atomic E-state index is 12.0. The third-order valence-electron chi connectivity index (χ3n) is 3.55. The normalized spacial score (nSPS) is 12.8. The predicted octanol–water partition coefficient (Wildman–Crippen LogP) is 3.55. The number of aromatic nitrogens is 1. The molecule has 1 rings (SSSR count). The summed E-state index contributed by atoms with van der Waals surface area (Å²) >= 11 is 1.69. The molecular weight excluding hydrogens is 477 g/mol. The molecule has 1 atom stereocenters. The number of carbonyl (C=O) groups is 1. The van der Waals surface area contributed by atoms with Crippen molar-refractivity contribution in [1.29, 1.82) is 0 Å². The number of hydrogen-bond donors (Lipinski definition) is 2. The molecule has 0 bridgehead atoms. The van der Waals surface area contributed by atoms with Crippen LogP contribution in [0.1, 0.15) is 43.3 Å². The molecule has 7 nitrogen and oxygen atoms in total. The van der Waals surface area contributed by atoms with Gasteiger partial charge < -0.3 is 20.3 Å². The molecule has 0 aliphatic rings. The van der Waals surface area contributed by atoms with Gasteiger partial charge in [-0.2, -0.15) is 0 Å². The van der Waals surface area contributed by atoms with Crippen LogP contribution in [0, 0.1) is 19.8 Å². The Labute approximate surface area is 184 Å². The summed E-state index contributed by atoms with van der Waals surface area (Å²) in [4.78, 5) is 23.5. The van der Waals surface area contributed by atoms with E-state index in [-0.39, 0.29) is 36.0 Å². The van der Waals surface area contributed by atoms with Gasteiger partial charge in [0, 0.05) is 32.1 Å². The van der Waals surface area contributed by atoms with Crippen LogP contribution >= 0.6 is 35.3 Å². The van der Waals surface area contributed by atoms with Crippen molar-refractivity contribution in [2.45, 2.75) is 53.7 Å². The Morgan fingerprint density at radius 2 is 1.96 bits per heavy atom. The molecule has 1 aromatic rings. The molecule has 27 heavy (non-hydrogen) atoms. The number of guanidine groups is 1. The van der Waals surface area contributed by atoms with Crippen LogP contribution in [0.15, 0.2) is 4.99 Å². The summed E-state index contributed by atoms with van der Waals surface area (Å²) in [5.41, 5.74) is 0.578. The number of nitrogens with zero attached hydrogens (tertiary/aromatic N) is 3. The third kappa shape index (κ3) is 10.1. The van der Waals surface area contributed by atoms with E-state index < -0.39 is 5.60 Å². The quantitative estimate of drug-likeness (QED) is 0.347. The number of thiazole rings is 1. The molecule has 9 heteroatoms. The molecule has 1 amide bonds. The number of rotatable bonds is 6. The minimum absolute atomic E-state index is 0. The van der Waals surface area contributed by atoms with Gasteiger partial charge in [0.05, 0.1) is 17.2 Å². The molecule has 0 spiro atoms. The van der Waals surface area contributed by atoms with E-state index in [1.54, 1.807) is 30.3 Å². The standard InChI is InChI=1S/C18H33N5O2S.HI/c1-12(11-23(8)17(24)25-18(4,5)6)9-20-16(19-7)21-10-15-13(2)22-14(3)26-15;/h12H,9-11H2,1-8H3,(H2,19,20,21);1H. The Morgan fingerprint density at radius 3 is 2.44 bits per heavy atom. The highest BCUT2D eigenvalue weighted by Gasteiger charge is 2.20. The summed E-state index contributed by atoms with van der Waals surface area (Å²) in [7, 11) is 3.50. The number of ether oxygens (including phenoxy) is 1. The van der Waals surface area contributed by atoms with E-state index in [0.717, 1.165) is 16.7 Å². The Bertz CT molecular complexity index is 628. The minimum atomic E-state index is -0.480. The van der Waals surface area contributed by atoms with Crippen LogP contribution in [-0.4, -0.2) is 54.7 Å². The van der Waals surface area contributed by atoms with Gasteiger partial charge in [0.15, 0.2) is 5.96 Å². The summed E-state index contributed by atoms with van der Waals surface area (Å²) in [5, 5.41) is 7.68. The lowest BCUT2D eigenvalue weighted by Gasteiger charge is -2.26. The average molecular weight is 511 g/mol. The first kappa shape index (κ1) is 25.9. The average Bonchev–Trinajstić information content (AvgIpc) is 2.83. The van der Waals surface area contributed by atoms with E-state index in [4.69, 9.17) is 4.74 Å². The van der Waals surface area contributed by atoms with Crippen molar-refractivity contribution in [1.82, 2.24) is 20.5 Å². The van der Waals surface area contributed by atoms with Crippen LogP contribution < -0.4 is 10.6 Å². The maximum atomic E-state index is 12.0. The first-order valence-corrected chi connectivity index (χ1v) is 9.65. The molecule has 1 unspecified atom stereocenters. The molecule has 0 aliphatic carbocycles. The Balaban J connectivity index is 0.00000676. The van der Waals surface area contributed by atoms with Crippen molar-refractivity contribution in [3.05, 3.63) is 15.6 Å². The SMILES string of the molecule is CN=C(NCc1sc(C)nc1C)NCC(C)CN(C)C(=O)OC(C)(C)C.I. The molecule has 0 saturated carbocycles. The molecule has 0 fully saturated rings. The van der Waals surface area contributed by atoms with Gasteiger partial charge in [-0.25, -0.2) is 9.78 Å². The number of nitrogens with one attached hydrogen (secondary N) is 2. The van der Waals surface area contributed by atoms with Crippen LogP contribution in [-0.2, 0) is 11.3 Å². The van der Waals surface area contributed by atoms with Crippen molar-refractivity contribution in [3.8, 4) is 0 Å². The Morgan fingerprint density at radius 1 is 1.33 bits per heavy atom. The molecule has 2 N–H and O–H groups in total. The van der Waals surface area contributed by atoms with E-state index >= 15 is 0 Å². The number of hydrogen-bond acceptors (Lipinski definition) is 5. The molecule has 1 aromatic heterocycles. The molecule has 0 aromatic carbocycles. The third-order valence-corrected chi connectivity index (χ3v) is 4.62. The predicted molar refractivity (Wildman–Crippen MR) is 123 cm³/mol. The number of aliphatic imine (C=N–C) groups is 1. The van der Waals surface area contributed by atoms with Gasteiger partial charge in [-0.15, -0.1) is 35.3 Å². The van der Waals surface area contributed by atoms with Crippen molar-refractivity contribution >= 4 is 47.4 Å². The number of amides is 1. The van der Waals surface area contributed by atoms with Gasteiger partial charge in [0.2, 0.25) is 0 Å². The van der Waals surface area contributed by atoms with E-state index in [0.29, 0.717) is 19.6 Å². The van der Waals surface area contributed by atoms with Crippen molar-refractivity contribution in [3.63, 3.8) is 0 Å². The van der Waals surface area contributed by atoms with E-state index in [1.807, 2.05) is 34.6 Å². The molecular formula is C18H34IN5O2S. The van der Waals surface area contributed by atoms with Crippen LogP contribution in [0.2, 0.25) is 0 Å². The topological polar surface area (TPSA) is 78.9 Å². The van der Waals surface area contributed by atoms with Gasteiger partial charge in [-0.1, -0.05) is 6.92 Å². The van der Waals surface area contributed by atoms with Gasteiger partial charge in [0.1, 0.15) is 5.60 Å². The Kier molecular flexibility index (Phi) is 11.2. The van der Waals surface area contributed by atoms with Crippen molar-refractivity contribution in [2.75, 3.05) is 27.2 Å². The lowest BCUT2D eigenvalue weighted by Crippen LogP contribution is -2.42. The summed E-state index contributed by atoms with van der Waals surface area (Å²) in [6, 6.07) is 0. The zero-order chi connectivity index (χ0) is 19.9. The van der Waals surface area contributed by atoms with Crippen molar-refractivity contribution < 1.29 is 9.53 Å². The lowest BCUT2D eigenvalue weighted by molar-refractivity contribution is 0.0278. The zero-order valence-electron chi connectivity index (χ0n) is 17.7. The summed E-state index contributed by atoms with van der Waals surface area (Å²) < 4.78 is 5.37. The first-order valence-electron chi connectivity index (χ1n) is 8.83. The van der Waals surface area contributed by atoms with Gasteiger partial charge in [0.25, 0.3) is 0 Å². The van der Waals surface area contributed by atoms with E-state index in [9.17, 15) is 4.79 Å². The fraction of sp³-hybridized carbons (Fsp3) is 0.722. The van der Waals surface area contributed by atoms with Gasteiger partial charge in [-0.3, -0.25) is 4.99 Å². The fourth-order valence-electron chi connectivity index (χ4n) is 2.34. The number of halogens is 1. The lowest BCUT2D eigenvalue weighted by atomic mass is 10.1. The highest BCUT2D eigenvalue weighted by atomic mass is 127. The van der Waals surface area contributed by atoms with Crippen LogP contribution in [0.5, 0.6) is 0 Å². The highest BCUT2D eigenvalue weighted by molar-refractivity contribution is 14.0. The van der Waals surface area contributed by atoms with Gasteiger partial charge in [-0.05, 0) is 40.5 Å². The van der Waals surface area contributed by atoms with Crippen LogP contribution in [0.25, 0.3) is 0 Å². The largest absolute Gasteiger partial charge is 0.444 e. The maximum Gasteiger partial charge on any atom is 0.410 e. The van der Waals surface area contributed by atoms with E-state index in [1.165, 1.54) is 4.88 Å². The monoisotopic (exact) mass is 511 g/mol. The minimum Gasteiger partial charge on any atom is -0.444 e. The summed E-state index contributed by atoms with van der Waals surface area (Å²) in [5.74, 6) is 0.987. The second kappa shape index (κ2) is 11.7. The summed E-state index contributed by atoms with van der Waals surface area (Å²) in [6.45, 7) is 13.7. The summed E-state index contributed by atoms with van der Waals surface area (Å²) in [6.07, 6.45) is -0.303. The fourth-order valence-corrected chi connectivity index (χ4v) is 3.22. The molecule has 0 aliphatic heterocycles. The second-order valence-corrected chi connectivity index (χ2v) is 8.80. The Hall–Kier alpha value is -1.10. The van der Waals surface area contributed by atoms with Crippen molar-refractivity contribution in [2.24, 2.45) is 10.9 Å². The van der Waals surface area contributed by atoms with Crippen LogP contribution in [0.4, 0.5) is 4.79 Å². The first-order chi connectivity index (χ1) is 12.0. The van der Waals surface area contributed by atoms with Gasteiger partial charge >= 0.3 is 6.09 Å². The smallest absolute Gasteiger partial charge is 0.410 e. The number of aryl methyl sites for hydroxylation is 2. The number of carbonyl (C=O) groups excluding carboxylic acids is 1. The van der Waals surface area contributed by atoms with Crippen LogP contribution in [0.3, 0.4) is 0 Å².